The lowest BCUT2D eigenvalue weighted by Crippen LogP contribution is -2.38. The van der Waals surface area contributed by atoms with Crippen LogP contribution in [0.15, 0.2) is 4.99 Å². The first-order valence-electron chi connectivity index (χ1n) is 9.12. The minimum atomic E-state index is 0.722. The van der Waals surface area contributed by atoms with Crippen LogP contribution in [-0.4, -0.2) is 63.3 Å². The number of ether oxygens (including phenoxy) is 1. The van der Waals surface area contributed by atoms with Gasteiger partial charge in [0, 0.05) is 39.4 Å². The molecule has 1 aliphatic heterocycles. The van der Waals surface area contributed by atoms with Crippen LogP contribution in [0.25, 0.3) is 0 Å². The Morgan fingerprint density at radius 2 is 2.09 bits per heavy atom. The van der Waals surface area contributed by atoms with E-state index < -0.39 is 0 Å². The lowest BCUT2D eigenvalue weighted by molar-refractivity contribution is 0.143. The highest BCUT2D eigenvalue weighted by Gasteiger charge is 2.21. The molecule has 1 heterocycles. The van der Waals surface area contributed by atoms with Gasteiger partial charge in [-0.05, 0) is 58.5 Å². The molecule has 5 heteroatoms. The van der Waals surface area contributed by atoms with Crippen LogP contribution in [0.3, 0.4) is 0 Å². The molecule has 1 atom stereocenters. The van der Waals surface area contributed by atoms with Crippen LogP contribution in [0, 0.1) is 5.92 Å². The molecule has 0 bridgehead atoms. The fraction of sp³-hybridized carbons (Fsp3) is 0.941. The number of nitrogens with one attached hydrogen (secondary N) is 2. The minimum Gasteiger partial charge on any atom is -0.382 e. The fourth-order valence-corrected chi connectivity index (χ4v) is 2.82. The number of hydrogen-bond donors (Lipinski definition) is 2. The summed E-state index contributed by atoms with van der Waals surface area (Å²) in [4.78, 5) is 7.32. The smallest absolute Gasteiger partial charge is 0.191 e. The van der Waals surface area contributed by atoms with Crippen LogP contribution in [-0.2, 0) is 4.74 Å². The first-order chi connectivity index (χ1) is 10.8. The Balaban J connectivity index is 2.21. The molecule has 0 saturated carbocycles. The number of aliphatic imine (C=N–C) groups is 1. The Morgan fingerprint density at radius 3 is 2.82 bits per heavy atom. The van der Waals surface area contributed by atoms with Crippen molar-refractivity contribution < 1.29 is 4.74 Å². The second kappa shape index (κ2) is 12.7. The standard InChI is InChI=1S/C17H36N4O/c1-4-11-21-12-9-16(15-21)14-20-17(18-5-2)19-10-7-8-13-22-6-3/h16H,4-15H2,1-3H3,(H2,18,19,20). The van der Waals surface area contributed by atoms with E-state index in [0.717, 1.165) is 57.6 Å². The molecule has 1 saturated heterocycles. The van der Waals surface area contributed by atoms with Gasteiger partial charge in [-0.3, -0.25) is 4.99 Å². The van der Waals surface area contributed by atoms with Gasteiger partial charge in [0.15, 0.2) is 5.96 Å². The van der Waals surface area contributed by atoms with Gasteiger partial charge in [0.1, 0.15) is 0 Å². The van der Waals surface area contributed by atoms with Gasteiger partial charge in [0.05, 0.1) is 0 Å². The van der Waals surface area contributed by atoms with Gasteiger partial charge in [-0.2, -0.15) is 0 Å². The summed E-state index contributed by atoms with van der Waals surface area (Å²) in [5.41, 5.74) is 0. The highest BCUT2D eigenvalue weighted by atomic mass is 16.5. The molecule has 1 aliphatic rings. The van der Waals surface area contributed by atoms with Crippen molar-refractivity contribution >= 4 is 5.96 Å². The average molecular weight is 313 g/mol. The maximum Gasteiger partial charge on any atom is 0.191 e. The highest BCUT2D eigenvalue weighted by Crippen LogP contribution is 2.16. The molecule has 2 N–H and O–H groups in total. The topological polar surface area (TPSA) is 48.9 Å². The van der Waals surface area contributed by atoms with Crippen molar-refractivity contribution in [3.63, 3.8) is 0 Å². The lowest BCUT2D eigenvalue weighted by atomic mass is 10.1. The average Bonchev–Trinajstić information content (AvgIpc) is 2.96. The second-order valence-electron chi connectivity index (χ2n) is 6.01. The van der Waals surface area contributed by atoms with Crippen LogP contribution in [0.1, 0.15) is 46.5 Å². The van der Waals surface area contributed by atoms with Gasteiger partial charge < -0.3 is 20.3 Å². The zero-order chi connectivity index (χ0) is 16.0. The van der Waals surface area contributed by atoms with E-state index in [-0.39, 0.29) is 0 Å². The molecule has 0 amide bonds. The molecule has 5 nitrogen and oxygen atoms in total. The molecule has 0 aromatic rings. The number of hydrogen-bond acceptors (Lipinski definition) is 3. The summed E-state index contributed by atoms with van der Waals surface area (Å²) in [7, 11) is 0. The van der Waals surface area contributed by atoms with E-state index in [1.54, 1.807) is 0 Å². The van der Waals surface area contributed by atoms with Crippen LogP contribution >= 0.6 is 0 Å². The van der Waals surface area contributed by atoms with Crippen LogP contribution in [0.2, 0.25) is 0 Å². The Labute approximate surface area is 136 Å². The van der Waals surface area contributed by atoms with Crippen LogP contribution in [0.4, 0.5) is 0 Å². The molecule has 0 aliphatic carbocycles. The first kappa shape index (κ1) is 19.2. The van der Waals surface area contributed by atoms with Crippen molar-refractivity contribution in [2.24, 2.45) is 10.9 Å². The SMILES string of the molecule is CCCN1CCC(CN=C(NCC)NCCCCOCC)C1. The van der Waals surface area contributed by atoms with Crippen molar-refractivity contribution in [1.82, 2.24) is 15.5 Å². The van der Waals surface area contributed by atoms with Gasteiger partial charge in [0.25, 0.3) is 0 Å². The summed E-state index contributed by atoms with van der Waals surface area (Å²) in [5, 5.41) is 6.77. The number of guanidine groups is 1. The Hall–Kier alpha value is -0.810. The van der Waals surface area contributed by atoms with Crippen molar-refractivity contribution in [2.45, 2.75) is 46.5 Å². The van der Waals surface area contributed by atoms with E-state index in [2.05, 4.69) is 29.4 Å². The summed E-state index contributed by atoms with van der Waals surface area (Å²) in [5.74, 6) is 1.69. The Kier molecular flexibility index (Phi) is 11.1. The van der Waals surface area contributed by atoms with Crippen molar-refractivity contribution in [3.8, 4) is 0 Å². The largest absolute Gasteiger partial charge is 0.382 e. The van der Waals surface area contributed by atoms with Crippen molar-refractivity contribution in [1.29, 1.82) is 0 Å². The maximum absolute atomic E-state index is 5.35. The molecule has 1 unspecified atom stereocenters. The molecule has 1 rings (SSSR count). The summed E-state index contributed by atoms with van der Waals surface area (Å²) in [6, 6.07) is 0. The van der Waals surface area contributed by atoms with E-state index in [1.807, 2.05) is 6.92 Å². The highest BCUT2D eigenvalue weighted by molar-refractivity contribution is 5.79. The van der Waals surface area contributed by atoms with Gasteiger partial charge in [-0.15, -0.1) is 0 Å². The molecule has 22 heavy (non-hydrogen) atoms. The number of unbranched alkanes of at least 4 members (excludes halogenated alkanes) is 1. The van der Waals surface area contributed by atoms with E-state index >= 15 is 0 Å². The zero-order valence-electron chi connectivity index (χ0n) is 14.9. The number of likely N-dealkylation sites (tertiary alicyclic amines) is 1. The summed E-state index contributed by atoms with van der Waals surface area (Å²) in [6.07, 6.45) is 4.77. The second-order valence-corrected chi connectivity index (χ2v) is 6.01. The van der Waals surface area contributed by atoms with Gasteiger partial charge in [0.2, 0.25) is 0 Å². The Bertz CT molecular complexity index is 296. The molecular weight excluding hydrogens is 276 g/mol. The maximum atomic E-state index is 5.35. The normalized spacial score (nSPS) is 19.6. The Morgan fingerprint density at radius 1 is 1.23 bits per heavy atom. The van der Waals surface area contributed by atoms with E-state index in [4.69, 9.17) is 9.73 Å². The van der Waals surface area contributed by atoms with E-state index in [0.29, 0.717) is 0 Å². The third-order valence-corrected chi connectivity index (χ3v) is 3.97. The molecule has 0 radical (unpaired) electrons. The van der Waals surface area contributed by atoms with Gasteiger partial charge in [-0.1, -0.05) is 6.92 Å². The lowest BCUT2D eigenvalue weighted by Gasteiger charge is -2.15. The van der Waals surface area contributed by atoms with Crippen LogP contribution in [0.5, 0.6) is 0 Å². The molecule has 1 fully saturated rings. The summed E-state index contributed by atoms with van der Waals surface area (Å²) < 4.78 is 5.35. The molecule has 130 valence electrons. The minimum absolute atomic E-state index is 0.722. The molecule has 0 spiro atoms. The molecular formula is C17H36N4O. The number of nitrogens with zero attached hydrogens (tertiary/aromatic N) is 2. The van der Waals surface area contributed by atoms with E-state index in [9.17, 15) is 0 Å². The predicted molar refractivity (Wildman–Crippen MR) is 94.5 cm³/mol. The summed E-state index contributed by atoms with van der Waals surface area (Å²) >= 11 is 0. The first-order valence-corrected chi connectivity index (χ1v) is 9.12. The predicted octanol–water partition coefficient (Wildman–Crippen LogP) is 2.09. The summed E-state index contributed by atoms with van der Waals surface area (Å²) in [6.45, 7) is 14.6. The fourth-order valence-electron chi connectivity index (χ4n) is 2.82. The van der Waals surface area contributed by atoms with E-state index in [1.165, 1.54) is 32.5 Å². The third-order valence-electron chi connectivity index (χ3n) is 3.97. The third kappa shape index (κ3) is 8.59. The molecule has 0 aromatic heterocycles. The van der Waals surface area contributed by atoms with Crippen LogP contribution < -0.4 is 10.6 Å². The number of rotatable bonds is 11. The van der Waals surface area contributed by atoms with Gasteiger partial charge in [-0.25, -0.2) is 0 Å². The van der Waals surface area contributed by atoms with Crippen molar-refractivity contribution in [2.75, 3.05) is 52.5 Å². The monoisotopic (exact) mass is 312 g/mol. The zero-order valence-corrected chi connectivity index (χ0v) is 14.9. The van der Waals surface area contributed by atoms with Gasteiger partial charge >= 0.3 is 0 Å². The molecule has 0 aromatic carbocycles. The van der Waals surface area contributed by atoms with Crippen molar-refractivity contribution in [3.05, 3.63) is 0 Å². The quantitative estimate of drug-likeness (QED) is 0.348.